The number of rotatable bonds is 5. The number of halogens is 5. The second-order valence-corrected chi connectivity index (χ2v) is 5.77. The van der Waals surface area contributed by atoms with Gasteiger partial charge in [-0.15, -0.1) is 0 Å². The molecule has 1 unspecified atom stereocenters. The summed E-state index contributed by atoms with van der Waals surface area (Å²) >= 11 is 3.25. The van der Waals surface area contributed by atoms with Gasteiger partial charge in [0.05, 0.1) is 11.1 Å². The molecule has 0 bridgehead atoms. The minimum atomic E-state index is -4.83. The molecule has 0 saturated carbocycles. The first-order valence-electron chi connectivity index (χ1n) is 6.39. The van der Waals surface area contributed by atoms with Crippen molar-refractivity contribution in [2.75, 3.05) is 5.33 Å². The summed E-state index contributed by atoms with van der Waals surface area (Å²) in [5, 5.41) is 3.22. The number of hydrogen-bond donors (Lipinski definition) is 1. The van der Waals surface area contributed by atoms with E-state index in [-0.39, 0.29) is 0 Å². The van der Waals surface area contributed by atoms with Gasteiger partial charge in [-0.1, -0.05) is 28.9 Å². The van der Waals surface area contributed by atoms with Crippen LogP contribution in [0.25, 0.3) is 0 Å². The minimum Gasteiger partial charge on any atom is -0.347 e. The Morgan fingerprint density at radius 2 is 1.95 bits per heavy atom. The fraction of sp³-hybridized carbons (Fsp3) is 0.500. The van der Waals surface area contributed by atoms with Gasteiger partial charge in [-0.25, -0.2) is 4.39 Å². The molecule has 1 rings (SSSR count). The van der Waals surface area contributed by atoms with Gasteiger partial charge in [0.2, 0.25) is 0 Å². The maximum Gasteiger partial charge on any atom is 0.419 e. The third-order valence-electron chi connectivity index (χ3n) is 3.39. The number of alkyl halides is 4. The van der Waals surface area contributed by atoms with Gasteiger partial charge >= 0.3 is 6.18 Å². The highest BCUT2D eigenvalue weighted by Gasteiger charge is 2.36. The van der Waals surface area contributed by atoms with Crippen molar-refractivity contribution in [1.82, 2.24) is 5.32 Å². The Morgan fingerprint density at radius 3 is 2.43 bits per heavy atom. The molecule has 0 fully saturated rings. The maximum absolute atomic E-state index is 13.9. The van der Waals surface area contributed by atoms with Crippen molar-refractivity contribution in [1.29, 1.82) is 0 Å². The Labute approximate surface area is 129 Å². The van der Waals surface area contributed by atoms with Crippen molar-refractivity contribution >= 4 is 21.8 Å². The second kappa shape index (κ2) is 6.77. The second-order valence-electron chi connectivity index (χ2n) is 4.97. The molecule has 0 aromatic heterocycles. The third-order valence-corrected chi connectivity index (χ3v) is 3.79. The van der Waals surface area contributed by atoms with Crippen LogP contribution in [0.2, 0.25) is 0 Å². The first kappa shape index (κ1) is 17.9. The van der Waals surface area contributed by atoms with E-state index in [0.717, 1.165) is 12.1 Å². The summed E-state index contributed by atoms with van der Waals surface area (Å²) in [4.78, 5) is 12.1. The molecule has 0 radical (unpaired) electrons. The van der Waals surface area contributed by atoms with Crippen LogP contribution in [0.4, 0.5) is 17.6 Å². The molecule has 21 heavy (non-hydrogen) atoms. The van der Waals surface area contributed by atoms with E-state index in [1.54, 1.807) is 6.92 Å². The summed E-state index contributed by atoms with van der Waals surface area (Å²) in [7, 11) is 0. The molecule has 0 aliphatic carbocycles. The maximum atomic E-state index is 13.9. The standard InChI is InChI=1S/C14H16BrF4NO/c1-3-13(2,7-8-15)20-12(21)9-5-4-6-10(11(9)16)14(17,18)19/h4-6H,3,7-8H2,1-2H3,(H,20,21). The Bertz CT molecular complexity index is 518. The highest BCUT2D eigenvalue weighted by Crippen LogP contribution is 2.32. The van der Waals surface area contributed by atoms with Gasteiger partial charge in [0.15, 0.2) is 0 Å². The minimum absolute atomic E-state index is 0.574. The van der Waals surface area contributed by atoms with Crippen molar-refractivity contribution in [3.8, 4) is 0 Å². The fourth-order valence-electron chi connectivity index (χ4n) is 1.80. The molecule has 0 spiro atoms. The Balaban J connectivity index is 3.09. The van der Waals surface area contributed by atoms with E-state index in [0.29, 0.717) is 24.2 Å². The molecule has 1 aromatic carbocycles. The normalized spacial score (nSPS) is 14.6. The van der Waals surface area contributed by atoms with E-state index in [2.05, 4.69) is 21.2 Å². The average Bonchev–Trinajstić information content (AvgIpc) is 2.37. The Hall–Kier alpha value is -1.11. The van der Waals surface area contributed by atoms with Gasteiger partial charge in [-0.3, -0.25) is 4.79 Å². The van der Waals surface area contributed by atoms with Crippen LogP contribution in [0, 0.1) is 5.82 Å². The number of hydrogen-bond acceptors (Lipinski definition) is 1. The SMILES string of the molecule is CCC(C)(CCBr)NC(=O)c1cccc(C(F)(F)F)c1F. The largest absolute Gasteiger partial charge is 0.419 e. The predicted molar refractivity (Wildman–Crippen MR) is 76.0 cm³/mol. The van der Waals surface area contributed by atoms with Crippen LogP contribution in [0.1, 0.15) is 42.6 Å². The zero-order valence-electron chi connectivity index (χ0n) is 11.7. The van der Waals surface area contributed by atoms with E-state index in [4.69, 9.17) is 0 Å². The van der Waals surface area contributed by atoms with Gasteiger partial charge < -0.3 is 5.32 Å². The van der Waals surface area contributed by atoms with Crippen molar-refractivity contribution in [2.24, 2.45) is 0 Å². The summed E-state index contributed by atoms with van der Waals surface area (Å²) in [5.74, 6) is -2.39. The summed E-state index contributed by atoms with van der Waals surface area (Å²) in [6, 6.07) is 2.68. The molecular weight excluding hydrogens is 354 g/mol. The number of amides is 1. The average molecular weight is 370 g/mol. The Morgan fingerprint density at radius 1 is 1.33 bits per heavy atom. The molecule has 2 nitrogen and oxygen atoms in total. The zero-order valence-corrected chi connectivity index (χ0v) is 13.2. The molecule has 1 aromatic rings. The van der Waals surface area contributed by atoms with Crippen molar-refractivity contribution < 1.29 is 22.4 Å². The molecule has 1 amide bonds. The molecule has 0 saturated heterocycles. The quantitative estimate of drug-likeness (QED) is 0.599. The number of carbonyl (C=O) groups is 1. The lowest BCUT2D eigenvalue weighted by Gasteiger charge is -2.29. The third kappa shape index (κ3) is 4.43. The number of benzene rings is 1. The van der Waals surface area contributed by atoms with E-state index in [1.165, 1.54) is 0 Å². The van der Waals surface area contributed by atoms with E-state index >= 15 is 0 Å². The lowest BCUT2D eigenvalue weighted by Crippen LogP contribution is -2.46. The van der Waals surface area contributed by atoms with Crippen LogP contribution in [0.15, 0.2) is 18.2 Å². The van der Waals surface area contributed by atoms with E-state index in [9.17, 15) is 22.4 Å². The Kier molecular flexibility index (Phi) is 5.78. The molecule has 1 atom stereocenters. The van der Waals surface area contributed by atoms with Gasteiger partial charge in [-0.05, 0) is 31.9 Å². The van der Waals surface area contributed by atoms with E-state index < -0.39 is 34.6 Å². The molecule has 0 aliphatic rings. The molecule has 0 heterocycles. The number of carbonyl (C=O) groups excluding carboxylic acids is 1. The van der Waals surface area contributed by atoms with Gasteiger partial charge in [-0.2, -0.15) is 13.2 Å². The first-order chi connectivity index (χ1) is 9.64. The van der Waals surface area contributed by atoms with Gasteiger partial charge in [0.25, 0.3) is 5.91 Å². The van der Waals surface area contributed by atoms with Crippen LogP contribution in [-0.4, -0.2) is 16.8 Å². The molecular formula is C14H16BrF4NO. The summed E-state index contributed by atoms with van der Waals surface area (Å²) < 4.78 is 51.8. The summed E-state index contributed by atoms with van der Waals surface area (Å²) in [5.41, 5.74) is -2.64. The lowest BCUT2D eigenvalue weighted by molar-refractivity contribution is -0.140. The topological polar surface area (TPSA) is 29.1 Å². The summed E-state index contributed by atoms with van der Waals surface area (Å²) in [6.07, 6.45) is -3.68. The van der Waals surface area contributed by atoms with Gasteiger partial charge in [0, 0.05) is 10.9 Å². The van der Waals surface area contributed by atoms with Crippen LogP contribution < -0.4 is 5.32 Å². The zero-order chi connectivity index (χ0) is 16.3. The molecule has 7 heteroatoms. The van der Waals surface area contributed by atoms with Crippen molar-refractivity contribution in [3.05, 3.63) is 35.1 Å². The molecule has 0 aliphatic heterocycles. The van der Waals surface area contributed by atoms with Crippen LogP contribution in [0.3, 0.4) is 0 Å². The monoisotopic (exact) mass is 369 g/mol. The molecule has 118 valence electrons. The summed E-state index contributed by atoms with van der Waals surface area (Å²) in [6.45, 7) is 3.60. The molecule has 1 N–H and O–H groups in total. The highest BCUT2D eigenvalue weighted by molar-refractivity contribution is 9.09. The van der Waals surface area contributed by atoms with Crippen LogP contribution in [0.5, 0.6) is 0 Å². The number of nitrogens with one attached hydrogen (secondary N) is 1. The lowest BCUT2D eigenvalue weighted by atomic mass is 9.95. The van der Waals surface area contributed by atoms with Crippen LogP contribution in [-0.2, 0) is 6.18 Å². The first-order valence-corrected chi connectivity index (χ1v) is 7.51. The van der Waals surface area contributed by atoms with Crippen molar-refractivity contribution in [3.63, 3.8) is 0 Å². The van der Waals surface area contributed by atoms with E-state index in [1.807, 2.05) is 6.92 Å². The highest BCUT2D eigenvalue weighted by atomic mass is 79.9. The fourth-order valence-corrected chi connectivity index (χ4v) is 2.68. The van der Waals surface area contributed by atoms with Crippen LogP contribution >= 0.6 is 15.9 Å². The smallest absolute Gasteiger partial charge is 0.347 e. The van der Waals surface area contributed by atoms with Crippen molar-refractivity contribution in [2.45, 2.75) is 38.4 Å². The predicted octanol–water partition coefficient (Wildman–Crippen LogP) is 4.53. The van der Waals surface area contributed by atoms with Gasteiger partial charge in [0.1, 0.15) is 5.82 Å².